The number of anilines is 2. The topological polar surface area (TPSA) is 267 Å². The summed E-state index contributed by atoms with van der Waals surface area (Å²) >= 11 is 1.57. The highest BCUT2D eigenvalue weighted by atomic mass is 32.1. The van der Waals surface area contributed by atoms with Crippen molar-refractivity contribution in [2.24, 2.45) is 5.41 Å². The zero-order valence-electron chi connectivity index (χ0n) is 52.9. The Balaban J connectivity index is 0.597. The smallest absolute Gasteiger partial charge is 0.317 e. The first-order valence-electron chi connectivity index (χ1n) is 31.6. The van der Waals surface area contributed by atoms with Crippen LogP contribution >= 0.6 is 11.3 Å². The van der Waals surface area contributed by atoms with Crippen LogP contribution in [0.25, 0.3) is 21.6 Å². The number of aryl methyl sites for hydroxylation is 2. The minimum Gasteiger partial charge on any atom is -0.391 e. The number of benzene rings is 2. The number of nitrogens with one attached hydrogen (secondary N) is 4. The van der Waals surface area contributed by atoms with Gasteiger partial charge in [0.1, 0.15) is 12.1 Å². The maximum Gasteiger partial charge on any atom is 0.317 e. The van der Waals surface area contributed by atoms with Crippen molar-refractivity contribution in [2.45, 2.75) is 129 Å². The van der Waals surface area contributed by atoms with Gasteiger partial charge in [-0.1, -0.05) is 45.0 Å². The van der Waals surface area contributed by atoms with Gasteiger partial charge in [-0.25, -0.2) is 18.6 Å². The molecule has 0 aliphatic carbocycles. The van der Waals surface area contributed by atoms with Crippen LogP contribution in [0, 0.1) is 12.3 Å². The van der Waals surface area contributed by atoms with E-state index in [0.29, 0.717) is 115 Å². The Kier molecular flexibility index (Phi) is 24.8. The normalized spacial score (nSPS) is 17.3. The van der Waals surface area contributed by atoms with Crippen molar-refractivity contribution in [3.05, 3.63) is 87.9 Å². The van der Waals surface area contributed by atoms with Gasteiger partial charge < -0.3 is 69.5 Å². The lowest BCUT2D eigenvalue weighted by Crippen LogP contribution is -2.57. The molecule has 24 nitrogen and oxygen atoms in total. The fourth-order valence-electron chi connectivity index (χ4n) is 11.9. The number of aliphatic hydroxyl groups is 1. The Morgan fingerprint density at radius 1 is 0.846 bits per heavy atom. The number of thiazole rings is 1. The van der Waals surface area contributed by atoms with E-state index in [9.17, 15) is 29.1 Å². The molecule has 3 atom stereocenters. The zero-order chi connectivity index (χ0) is 64.4. The number of β-amino-alcohol motifs (C(OH)–C–C–N with tert-alkyl or cyclic N) is 1. The molecule has 4 aliphatic rings. The summed E-state index contributed by atoms with van der Waals surface area (Å²) in [5.74, 6) is -0.687. The molecule has 2 fully saturated rings. The molecule has 2 saturated heterocycles. The number of fused-ring (bicyclic) bond motifs is 2. The van der Waals surface area contributed by atoms with Gasteiger partial charge in [0.15, 0.2) is 5.82 Å². The number of rotatable bonds is 31. The van der Waals surface area contributed by atoms with Crippen molar-refractivity contribution >= 4 is 52.5 Å². The Morgan fingerprint density at radius 3 is 2.15 bits per heavy atom. The molecule has 7 heterocycles. The van der Waals surface area contributed by atoms with Crippen LogP contribution in [0.1, 0.15) is 105 Å². The van der Waals surface area contributed by atoms with Crippen LogP contribution < -0.4 is 26.2 Å². The van der Waals surface area contributed by atoms with Crippen molar-refractivity contribution in [1.29, 1.82) is 0 Å². The van der Waals surface area contributed by atoms with Gasteiger partial charge in [0, 0.05) is 113 Å². The monoisotopic (exact) mass is 1290 g/mol. The first kappa shape index (κ1) is 68.4. The number of alkyl halides is 2. The second-order valence-corrected chi connectivity index (χ2v) is 25.1. The zero-order valence-corrected chi connectivity index (χ0v) is 53.7. The van der Waals surface area contributed by atoms with E-state index in [4.69, 9.17) is 33.5 Å². The maximum absolute atomic E-state index is 15.0. The molecule has 9 rings (SSSR count). The van der Waals surface area contributed by atoms with Crippen molar-refractivity contribution < 1.29 is 66.3 Å². The quantitative estimate of drug-likeness (QED) is 0.0317. The fourth-order valence-corrected chi connectivity index (χ4v) is 12.7. The molecule has 0 spiro atoms. The molecular weight excluding hydrogens is 1200 g/mol. The van der Waals surface area contributed by atoms with Gasteiger partial charge in [0.2, 0.25) is 23.6 Å². The van der Waals surface area contributed by atoms with Gasteiger partial charge >= 0.3 is 6.03 Å². The molecule has 5 aromatic rings. The number of nitrogens with zero attached hydrogens (tertiary/aromatic N) is 8. The van der Waals surface area contributed by atoms with Gasteiger partial charge in [-0.15, -0.1) is 11.3 Å². The number of likely N-dealkylation sites (tertiary alicyclic amines) is 1. The van der Waals surface area contributed by atoms with Crippen LogP contribution in [0.15, 0.2) is 54.3 Å². The third kappa shape index (κ3) is 18.4. The molecule has 0 saturated carbocycles. The lowest BCUT2D eigenvalue weighted by atomic mass is 9.85. The average molecular weight is 1290 g/mol. The molecule has 4 aliphatic heterocycles. The van der Waals surface area contributed by atoms with Gasteiger partial charge in [0.25, 0.3) is 6.43 Å². The Labute approximate surface area is 533 Å². The summed E-state index contributed by atoms with van der Waals surface area (Å²) in [6.45, 7) is 13.9. The molecule has 91 heavy (non-hydrogen) atoms. The first-order chi connectivity index (χ1) is 44.0. The number of amides is 6. The first-order valence-corrected chi connectivity index (χ1v) is 32.5. The van der Waals surface area contributed by atoms with Crippen LogP contribution in [0.5, 0.6) is 0 Å². The molecular formula is C64H88F2N12O12S. The van der Waals surface area contributed by atoms with Crippen LogP contribution in [0.3, 0.4) is 0 Å². The molecule has 496 valence electrons. The number of urea groups is 1. The van der Waals surface area contributed by atoms with E-state index in [-0.39, 0.29) is 101 Å². The van der Waals surface area contributed by atoms with Gasteiger partial charge in [-0.05, 0) is 72.4 Å². The highest BCUT2D eigenvalue weighted by molar-refractivity contribution is 7.13. The Hall–Kier alpha value is -6.98. The predicted octanol–water partition coefficient (Wildman–Crippen LogP) is 6.04. The molecule has 27 heteroatoms. The van der Waals surface area contributed by atoms with Crippen LogP contribution in [-0.2, 0) is 80.1 Å². The van der Waals surface area contributed by atoms with E-state index in [1.54, 1.807) is 51.9 Å². The Bertz CT molecular complexity index is 3220. The average Bonchev–Trinajstić information content (AvgIpc) is 1.70. The minimum atomic E-state index is -2.76. The number of hydrogen-bond donors (Lipinski definition) is 5. The minimum absolute atomic E-state index is 0.00337. The number of carbonyl (C=O) groups excluding carboxylic acids is 5. The number of aromatic nitrogens is 5. The summed E-state index contributed by atoms with van der Waals surface area (Å²) in [4.78, 5) is 76.5. The lowest BCUT2D eigenvalue weighted by molar-refractivity contribution is -0.144. The van der Waals surface area contributed by atoms with Crippen LogP contribution in [-0.4, -0.2) is 200 Å². The summed E-state index contributed by atoms with van der Waals surface area (Å²) in [5, 5.41) is 31.6. The Morgan fingerprint density at radius 2 is 1.52 bits per heavy atom. The number of aliphatic hydroxyl groups excluding tert-OH is 1. The summed E-state index contributed by atoms with van der Waals surface area (Å²) in [7, 11) is 1.62. The molecule has 0 bridgehead atoms. The van der Waals surface area contributed by atoms with Crippen LogP contribution in [0.2, 0.25) is 0 Å². The third-order valence-corrected chi connectivity index (χ3v) is 17.7. The summed E-state index contributed by atoms with van der Waals surface area (Å²) in [6, 6.07) is 9.44. The highest BCUT2D eigenvalue weighted by Crippen LogP contribution is 2.44. The van der Waals surface area contributed by atoms with Gasteiger partial charge in [-0.2, -0.15) is 10.2 Å². The summed E-state index contributed by atoms with van der Waals surface area (Å²) < 4.78 is 67.4. The summed E-state index contributed by atoms with van der Waals surface area (Å²) in [5.41, 5.74) is 8.52. The molecule has 6 amide bonds. The van der Waals surface area contributed by atoms with E-state index in [1.807, 2.05) is 58.0 Å². The van der Waals surface area contributed by atoms with E-state index in [2.05, 4.69) is 40.9 Å². The predicted molar refractivity (Wildman–Crippen MR) is 336 cm³/mol. The second kappa shape index (κ2) is 33.0. The van der Waals surface area contributed by atoms with E-state index >= 15 is 8.78 Å². The molecule has 2 aromatic carbocycles. The maximum atomic E-state index is 15.0. The molecule has 5 N–H and O–H groups in total. The number of hydrogen-bond acceptors (Lipinski definition) is 17. The molecule has 1 unspecified atom stereocenters. The summed E-state index contributed by atoms with van der Waals surface area (Å²) in [6.07, 6.45) is 3.71. The third-order valence-electron chi connectivity index (χ3n) is 16.7. The van der Waals surface area contributed by atoms with Crippen molar-refractivity contribution in [2.75, 3.05) is 117 Å². The number of ether oxygens (including phenoxy) is 6. The fraction of sp³-hybridized carbons (Fsp3) is 0.594. The van der Waals surface area contributed by atoms with E-state index in [1.165, 1.54) is 4.90 Å². The largest absolute Gasteiger partial charge is 0.391 e. The lowest BCUT2D eigenvalue weighted by Gasteiger charge is -2.35. The standard InChI is InChI=1S/C64H88F2N12O12S/c1-42-57(91-41-70-42)44-10-8-43(9-11-44)36-69-61(82)54-34-48(79)39-77(54)62(83)58(64(2,3)4)72-56(81)16-24-87-26-28-89-30-32-90-31-29-88-27-25-86-23-15-55(80)68-17-20-75-38-46(37-71-75)49-33-45-7-6-18-76(53(45)35-50(49)59(65)66)60-51-40-74(63(84)67-5)19-12-52(51)78(73-60)47-13-21-85-22-14-47/h8-11,33,35,37-38,41,47-48,54,58-59,79H,6-7,12-32,34,36,39-40H2,1-5H3,(H,67,84)(H,68,80)(H,69,82)(H,72,81)/t48-,54+,58?/m1/s1. The SMILES string of the molecule is CNC(=O)N1CCc2c(c(N3CCCc4cc(-c5cnn(CCNC(=O)CCOCCOCCOCCOCCOCCC(=O)NC(C(=O)N6C[C@H](O)C[C@H]6C(=O)NCc6ccc(-c7scnc7C)cc6)C(C)(C)C)c5)c(C(F)F)cc43)nn2C2CCOCC2)C1. The second-order valence-electron chi connectivity index (χ2n) is 24.2. The van der Waals surface area contributed by atoms with Crippen molar-refractivity contribution in [3.63, 3.8) is 0 Å². The van der Waals surface area contributed by atoms with Gasteiger partial charge in [0.05, 0.1) is 114 Å². The van der Waals surface area contributed by atoms with E-state index < -0.39 is 35.9 Å². The number of carbonyl (C=O) groups is 5. The molecule has 0 radical (unpaired) electrons. The number of halogens is 2. The highest BCUT2D eigenvalue weighted by Gasteiger charge is 2.45. The van der Waals surface area contributed by atoms with Crippen LogP contribution in [0.4, 0.5) is 25.1 Å². The molecule has 3 aromatic heterocycles. The van der Waals surface area contributed by atoms with E-state index in [0.717, 1.165) is 57.8 Å². The van der Waals surface area contributed by atoms with Crippen molar-refractivity contribution in [3.8, 4) is 21.6 Å². The van der Waals surface area contributed by atoms with Gasteiger partial charge in [-0.3, -0.25) is 28.5 Å². The van der Waals surface area contributed by atoms with Crippen molar-refractivity contribution in [1.82, 2.24) is 55.6 Å².